The molecule has 26 heavy (non-hydrogen) atoms. The average Bonchev–Trinajstić information content (AvgIpc) is 2.61. The van der Waals surface area contributed by atoms with E-state index in [1.165, 1.54) is 12.1 Å². The normalized spacial score (nSPS) is 11.4. The molecule has 2 aromatic carbocycles. The standard InChI is InChI=1S/C18H19F2NO4S/c1-12-3-8-16(25-2)14(11-12)9-10-21-17(22)13-4-6-15(7-5-13)26(23,24)18(19)20/h3-8,11,18H,9-10H2,1-2H3,(H,21,22). The fourth-order valence-corrected chi connectivity index (χ4v) is 3.14. The van der Waals surface area contributed by atoms with Crippen LogP contribution in [0.4, 0.5) is 8.78 Å². The van der Waals surface area contributed by atoms with E-state index in [9.17, 15) is 22.0 Å². The molecule has 0 saturated carbocycles. The van der Waals surface area contributed by atoms with Crippen molar-refractivity contribution >= 4 is 15.7 Å². The number of methoxy groups -OCH3 is 1. The number of amides is 1. The Morgan fingerprint density at radius 2 is 1.81 bits per heavy atom. The Labute approximate surface area is 150 Å². The van der Waals surface area contributed by atoms with Crippen LogP contribution in [0.5, 0.6) is 5.75 Å². The molecule has 140 valence electrons. The lowest BCUT2D eigenvalue weighted by molar-refractivity contribution is 0.0954. The summed E-state index contributed by atoms with van der Waals surface area (Å²) >= 11 is 0. The van der Waals surface area contributed by atoms with E-state index in [-0.39, 0.29) is 5.56 Å². The maximum absolute atomic E-state index is 12.5. The highest BCUT2D eigenvalue weighted by Crippen LogP contribution is 2.20. The fourth-order valence-electron chi connectivity index (χ4n) is 2.41. The predicted octanol–water partition coefficient (Wildman–Crippen LogP) is 2.97. The van der Waals surface area contributed by atoms with Gasteiger partial charge < -0.3 is 10.1 Å². The van der Waals surface area contributed by atoms with Crippen LogP contribution < -0.4 is 10.1 Å². The monoisotopic (exact) mass is 383 g/mol. The van der Waals surface area contributed by atoms with E-state index in [4.69, 9.17) is 4.74 Å². The Morgan fingerprint density at radius 3 is 2.38 bits per heavy atom. The lowest BCUT2D eigenvalue weighted by Crippen LogP contribution is -2.25. The molecule has 0 saturated heterocycles. The third-order valence-corrected chi connectivity index (χ3v) is 5.19. The van der Waals surface area contributed by atoms with Gasteiger partial charge in [0, 0.05) is 12.1 Å². The van der Waals surface area contributed by atoms with Crippen molar-refractivity contribution in [3.63, 3.8) is 0 Å². The van der Waals surface area contributed by atoms with Gasteiger partial charge in [0.1, 0.15) is 5.75 Å². The number of carbonyl (C=O) groups excluding carboxylic acids is 1. The minimum atomic E-state index is -4.66. The van der Waals surface area contributed by atoms with E-state index in [1.807, 2.05) is 25.1 Å². The Morgan fingerprint density at radius 1 is 1.15 bits per heavy atom. The van der Waals surface area contributed by atoms with Gasteiger partial charge in [-0.2, -0.15) is 8.78 Å². The van der Waals surface area contributed by atoms with E-state index < -0.39 is 26.4 Å². The number of sulfone groups is 1. The molecule has 0 aromatic heterocycles. The van der Waals surface area contributed by atoms with Gasteiger partial charge in [-0.15, -0.1) is 0 Å². The molecule has 0 fully saturated rings. The van der Waals surface area contributed by atoms with Gasteiger partial charge in [0.15, 0.2) is 0 Å². The second-order valence-corrected chi connectivity index (χ2v) is 7.57. The molecule has 1 amide bonds. The maximum atomic E-state index is 12.5. The largest absolute Gasteiger partial charge is 0.496 e. The first-order chi connectivity index (χ1) is 12.3. The molecule has 0 spiro atoms. The first kappa shape index (κ1) is 19.8. The van der Waals surface area contributed by atoms with Gasteiger partial charge in [0.2, 0.25) is 9.84 Å². The van der Waals surface area contributed by atoms with Crippen LogP contribution in [-0.2, 0) is 16.3 Å². The third kappa shape index (κ3) is 4.57. The highest BCUT2D eigenvalue weighted by Gasteiger charge is 2.26. The van der Waals surface area contributed by atoms with E-state index in [1.54, 1.807) is 7.11 Å². The molecule has 0 heterocycles. The first-order valence-electron chi connectivity index (χ1n) is 7.79. The van der Waals surface area contributed by atoms with Crippen LogP contribution >= 0.6 is 0 Å². The molecule has 0 aliphatic carbocycles. The zero-order chi connectivity index (χ0) is 19.3. The molecule has 2 aromatic rings. The third-order valence-electron chi connectivity index (χ3n) is 3.80. The van der Waals surface area contributed by atoms with Crippen molar-refractivity contribution in [1.82, 2.24) is 5.32 Å². The number of ether oxygens (including phenoxy) is 1. The number of nitrogens with one attached hydrogen (secondary N) is 1. The maximum Gasteiger partial charge on any atom is 0.341 e. The number of halogens is 2. The Balaban J connectivity index is 2.00. The quantitative estimate of drug-likeness (QED) is 0.798. The lowest BCUT2D eigenvalue weighted by atomic mass is 10.1. The number of hydrogen-bond donors (Lipinski definition) is 1. The van der Waals surface area contributed by atoms with Crippen LogP contribution in [0, 0.1) is 6.92 Å². The van der Waals surface area contributed by atoms with Crippen LogP contribution in [-0.4, -0.2) is 33.7 Å². The van der Waals surface area contributed by atoms with Gasteiger partial charge >= 0.3 is 5.76 Å². The van der Waals surface area contributed by atoms with Gasteiger partial charge in [0.25, 0.3) is 5.91 Å². The second-order valence-electron chi connectivity index (χ2n) is 5.65. The lowest BCUT2D eigenvalue weighted by Gasteiger charge is -2.10. The summed E-state index contributed by atoms with van der Waals surface area (Å²) in [6, 6.07) is 10.2. The van der Waals surface area contributed by atoms with Gasteiger partial charge in [-0.1, -0.05) is 17.7 Å². The highest BCUT2D eigenvalue weighted by atomic mass is 32.2. The Kier molecular flexibility index (Phi) is 6.31. The SMILES string of the molecule is COc1ccc(C)cc1CCNC(=O)c1ccc(S(=O)(=O)C(F)F)cc1. The molecular formula is C18H19F2NO4S. The summed E-state index contributed by atoms with van der Waals surface area (Å²) in [6.07, 6.45) is 0.550. The van der Waals surface area contributed by atoms with E-state index in [2.05, 4.69) is 5.32 Å². The minimum absolute atomic E-state index is 0.189. The first-order valence-corrected chi connectivity index (χ1v) is 9.34. The number of carbonyl (C=O) groups is 1. The van der Waals surface area contributed by atoms with E-state index >= 15 is 0 Å². The summed E-state index contributed by atoms with van der Waals surface area (Å²) in [4.78, 5) is 11.6. The average molecular weight is 383 g/mol. The van der Waals surface area contributed by atoms with Crippen molar-refractivity contribution in [2.24, 2.45) is 0 Å². The smallest absolute Gasteiger partial charge is 0.341 e. The van der Waals surface area contributed by atoms with Gasteiger partial charge in [-0.05, 0) is 49.2 Å². The van der Waals surface area contributed by atoms with Crippen LogP contribution in [0.2, 0.25) is 0 Å². The molecule has 5 nitrogen and oxygen atoms in total. The summed E-state index contributed by atoms with van der Waals surface area (Å²) in [5.41, 5.74) is 2.21. The number of aryl methyl sites for hydroxylation is 1. The van der Waals surface area contributed by atoms with Gasteiger partial charge in [-0.3, -0.25) is 4.79 Å². The van der Waals surface area contributed by atoms with Gasteiger partial charge in [-0.25, -0.2) is 8.42 Å². The van der Waals surface area contributed by atoms with Crippen LogP contribution in [0.25, 0.3) is 0 Å². The molecule has 0 aliphatic heterocycles. The molecule has 8 heteroatoms. The number of rotatable bonds is 7. The molecule has 2 rings (SSSR count). The predicted molar refractivity (Wildman–Crippen MR) is 93.4 cm³/mol. The van der Waals surface area contributed by atoms with Crippen molar-refractivity contribution in [3.8, 4) is 5.75 Å². The molecule has 0 atom stereocenters. The molecule has 0 radical (unpaired) electrons. The van der Waals surface area contributed by atoms with Gasteiger partial charge in [0.05, 0.1) is 12.0 Å². The topological polar surface area (TPSA) is 72.5 Å². The van der Waals surface area contributed by atoms with Crippen molar-refractivity contribution in [2.45, 2.75) is 24.0 Å². The van der Waals surface area contributed by atoms with E-state index in [0.717, 1.165) is 29.0 Å². The molecule has 0 aliphatic rings. The Hall–Kier alpha value is -2.48. The van der Waals surface area contributed by atoms with Crippen molar-refractivity contribution in [3.05, 3.63) is 59.2 Å². The summed E-state index contributed by atoms with van der Waals surface area (Å²) in [6.45, 7) is 2.30. The van der Waals surface area contributed by atoms with Crippen molar-refractivity contribution in [1.29, 1.82) is 0 Å². The van der Waals surface area contributed by atoms with Crippen LogP contribution in [0.1, 0.15) is 21.5 Å². The van der Waals surface area contributed by atoms with Crippen LogP contribution in [0.3, 0.4) is 0 Å². The number of alkyl halides is 2. The molecule has 0 bridgehead atoms. The molecule has 0 unspecified atom stereocenters. The van der Waals surface area contributed by atoms with Crippen molar-refractivity contribution < 1.29 is 26.7 Å². The minimum Gasteiger partial charge on any atom is -0.496 e. The summed E-state index contributed by atoms with van der Waals surface area (Å²) in [5.74, 6) is -3.18. The number of hydrogen-bond acceptors (Lipinski definition) is 4. The van der Waals surface area contributed by atoms with Crippen LogP contribution in [0.15, 0.2) is 47.4 Å². The summed E-state index contributed by atoms with van der Waals surface area (Å²) in [7, 11) is -3.09. The zero-order valence-electron chi connectivity index (χ0n) is 14.3. The molecule has 1 N–H and O–H groups in total. The summed E-state index contributed by atoms with van der Waals surface area (Å²) < 4.78 is 53.0. The Bertz CT molecular complexity index is 881. The molecular weight excluding hydrogens is 364 g/mol. The van der Waals surface area contributed by atoms with E-state index in [0.29, 0.717) is 13.0 Å². The highest BCUT2D eigenvalue weighted by molar-refractivity contribution is 7.91. The zero-order valence-corrected chi connectivity index (χ0v) is 15.1. The number of benzene rings is 2. The second kappa shape index (κ2) is 8.27. The fraction of sp³-hybridized carbons (Fsp3) is 0.278. The summed E-state index contributed by atoms with van der Waals surface area (Å²) in [5, 5.41) is 2.71. The van der Waals surface area contributed by atoms with Crippen molar-refractivity contribution in [2.75, 3.05) is 13.7 Å².